The summed E-state index contributed by atoms with van der Waals surface area (Å²) in [5.41, 5.74) is 7.21. The molecule has 1 amide bonds. The Balaban J connectivity index is 2.68. The van der Waals surface area contributed by atoms with Crippen LogP contribution in [0.3, 0.4) is 0 Å². The van der Waals surface area contributed by atoms with Crippen LogP contribution in [0.15, 0.2) is 24.3 Å². The minimum atomic E-state index is -0.540. The molecule has 0 aliphatic rings. The highest BCUT2D eigenvalue weighted by molar-refractivity contribution is 5.99. The Bertz CT molecular complexity index is 643. The number of hydrogen-bond donors (Lipinski definition) is 2. The van der Waals surface area contributed by atoms with Gasteiger partial charge < -0.3 is 15.5 Å². The van der Waals surface area contributed by atoms with Crippen LogP contribution in [0.2, 0.25) is 0 Å². The van der Waals surface area contributed by atoms with E-state index in [4.69, 9.17) is 5.73 Å². The summed E-state index contributed by atoms with van der Waals surface area (Å²) in [5, 5.41) is 3.13. The predicted molar refractivity (Wildman–Crippen MR) is 125 cm³/mol. The largest absolute Gasteiger partial charge is 0.364 e. The van der Waals surface area contributed by atoms with Crippen LogP contribution in [0, 0.1) is 0 Å². The molecule has 170 valence electrons. The Kier molecular flexibility index (Phi) is 12.6. The first-order valence-corrected chi connectivity index (χ1v) is 11.7. The predicted octanol–water partition coefficient (Wildman–Crippen LogP) is 4.61. The number of carbonyl (C=O) groups is 2. The minimum absolute atomic E-state index is 0.119. The summed E-state index contributed by atoms with van der Waals surface area (Å²) in [6.07, 6.45) is 11.6. The lowest BCUT2D eigenvalue weighted by Crippen LogP contribution is -2.51. The number of Topliss-reactive ketones (excluding diaryl/α,β-unsaturated/α-hetero) is 1. The third-order valence-corrected chi connectivity index (χ3v) is 5.97. The second-order valence-electron chi connectivity index (χ2n) is 9.00. The summed E-state index contributed by atoms with van der Waals surface area (Å²) < 4.78 is 0.415. The van der Waals surface area contributed by atoms with Gasteiger partial charge in [-0.3, -0.25) is 9.59 Å². The van der Waals surface area contributed by atoms with E-state index in [1.807, 2.05) is 45.4 Å². The maximum Gasteiger partial charge on any atom is 0.280 e. The Morgan fingerprint density at radius 3 is 2.10 bits per heavy atom. The van der Waals surface area contributed by atoms with Crippen LogP contribution in [0.25, 0.3) is 0 Å². The third kappa shape index (κ3) is 8.97. The first-order valence-electron chi connectivity index (χ1n) is 11.7. The number of likely N-dealkylation sites (N-methyl/N-ethyl adjacent to an activating group) is 2. The summed E-state index contributed by atoms with van der Waals surface area (Å²) in [5.74, 6) is -0.271. The number of nitrogens with one attached hydrogen (secondary N) is 1. The van der Waals surface area contributed by atoms with E-state index in [9.17, 15) is 9.59 Å². The minimum Gasteiger partial charge on any atom is -0.364 e. The molecule has 5 nitrogen and oxygen atoms in total. The average molecular weight is 419 g/mol. The summed E-state index contributed by atoms with van der Waals surface area (Å²) in [6, 6.07) is 6.95. The van der Waals surface area contributed by atoms with E-state index < -0.39 is 6.04 Å². The van der Waals surface area contributed by atoms with Gasteiger partial charge >= 0.3 is 0 Å². The number of ketones is 1. The lowest BCUT2D eigenvalue weighted by atomic mass is 9.92. The Labute approximate surface area is 184 Å². The van der Waals surface area contributed by atoms with Crippen molar-refractivity contribution >= 4 is 11.7 Å². The molecule has 0 heterocycles. The van der Waals surface area contributed by atoms with Crippen molar-refractivity contribution in [2.75, 3.05) is 34.2 Å². The molecule has 30 heavy (non-hydrogen) atoms. The van der Waals surface area contributed by atoms with Gasteiger partial charge in [0.2, 0.25) is 0 Å². The van der Waals surface area contributed by atoms with Crippen molar-refractivity contribution in [3.8, 4) is 0 Å². The SMILES string of the molecule is CCCCCCCCCCCC(=O)c1ccccc1C(C(N)=O)[N+](C)(C)CCNC. The smallest absolute Gasteiger partial charge is 0.280 e. The van der Waals surface area contributed by atoms with Gasteiger partial charge in [0, 0.05) is 24.1 Å². The molecule has 0 radical (unpaired) electrons. The summed E-state index contributed by atoms with van der Waals surface area (Å²) in [7, 11) is 5.88. The van der Waals surface area contributed by atoms with Crippen LogP contribution in [0.5, 0.6) is 0 Å². The van der Waals surface area contributed by atoms with Crippen LogP contribution in [-0.4, -0.2) is 50.4 Å². The molecule has 0 saturated heterocycles. The van der Waals surface area contributed by atoms with Gasteiger partial charge in [-0.25, -0.2) is 0 Å². The van der Waals surface area contributed by atoms with E-state index in [0.717, 1.165) is 31.5 Å². The number of carbonyl (C=O) groups excluding carboxylic acids is 2. The van der Waals surface area contributed by atoms with E-state index in [1.54, 1.807) is 0 Å². The Morgan fingerprint density at radius 2 is 1.53 bits per heavy atom. The quantitative estimate of drug-likeness (QED) is 0.220. The zero-order valence-corrected chi connectivity index (χ0v) is 19.7. The van der Waals surface area contributed by atoms with Crippen LogP contribution in [0.1, 0.15) is 93.1 Å². The summed E-state index contributed by atoms with van der Waals surface area (Å²) in [6.45, 7) is 3.75. The molecule has 0 spiro atoms. The monoisotopic (exact) mass is 418 g/mol. The number of nitrogens with zero attached hydrogens (tertiary/aromatic N) is 1. The molecule has 5 heteroatoms. The van der Waals surface area contributed by atoms with Gasteiger partial charge in [0.25, 0.3) is 5.91 Å². The highest BCUT2D eigenvalue weighted by Gasteiger charge is 2.36. The van der Waals surface area contributed by atoms with Crippen LogP contribution in [0.4, 0.5) is 0 Å². The molecule has 1 unspecified atom stereocenters. The van der Waals surface area contributed by atoms with E-state index in [-0.39, 0.29) is 11.7 Å². The van der Waals surface area contributed by atoms with E-state index in [1.165, 1.54) is 44.9 Å². The average Bonchev–Trinajstić information content (AvgIpc) is 2.71. The molecule has 1 aromatic carbocycles. The normalized spacial score (nSPS) is 12.7. The van der Waals surface area contributed by atoms with E-state index in [0.29, 0.717) is 16.5 Å². The highest BCUT2D eigenvalue weighted by Crippen LogP contribution is 2.29. The van der Waals surface area contributed by atoms with E-state index in [2.05, 4.69) is 12.2 Å². The van der Waals surface area contributed by atoms with Crippen molar-refractivity contribution in [2.24, 2.45) is 5.73 Å². The van der Waals surface area contributed by atoms with Crippen molar-refractivity contribution in [3.05, 3.63) is 35.4 Å². The second kappa shape index (κ2) is 14.3. The van der Waals surface area contributed by atoms with Crippen LogP contribution >= 0.6 is 0 Å². The number of rotatable bonds is 17. The number of hydrogen-bond acceptors (Lipinski definition) is 3. The molecule has 0 aromatic heterocycles. The molecule has 1 aromatic rings. The van der Waals surface area contributed by atoms with Crippen molar-refractivity contribution < 1.29 is 14.1 Å². The molecule has 0 aliphatic heterocycles. The van der Waals surface area contributed by atoms with Crippen molar-refractivity contribution in [1.29, 1.82) is 0 Å². The number of primary amides is 1. The molecule has 3 N–H and O–H groups in total. The van der Waals surface area contributed by atoms with Crippen molar-refractivity contribution in [1.82, 2.24) is 5.32 Å². The number of nitrogens with two attached hydrogens (primary N) is 1. The lowest BCUT2D eigenvalue weighted by Gasteiger charge is -2.37. The zero-order valence-electron chi connectivity index (χ0n) is 19.7. The van der Waals surface area contributed by atoms with Gasteiger partial charge in [0.15, 0.2) is 11.8 Å². The molecular formula is C25H44N3O2+. The number of quaternary nitrogens is 1. The molecule has 0 bridgehead atoms. The van der Waals surface area contributed by atoms with Gasteiger partial charge in [0.05, 0.1) is 20.6 Å². The molecule has 0 saturated carbocycles. The molecule has 0 aliphatic carbocycles. The van der Waals surface area contributed by atoms with Gasteiger partial charge in [0.1, 0.15) is 0 Å². The topological polar surface area (TPSA) is 72.2 Å². The number of unbranched alkanes of at least 4 members (excludes halogenated alkanes) is 8. The Hall–Kier alpha value is -1.72. The van der Waals surface area contributed by atoms with E-state index >= 15 is 0 Å². The van der Waals surface area contributed by atoms with Gasteiger partial charge in [-0.05, 0) is 13.5 Å². The van der Waals surface area contributed by atoms with Crippen molar-refractivity contribution in [2.45, 2.75) is 77.2 Å². The maximum absolute atomic E-state index is 13.0. The molecular weight excluding hydrogens is 374 g/mol. The fourth-order valence-electron chi connectivity index (χ4n) is 4.12. The third-order valence-electron chi connectivity index (χ3n) is 5.97. The summed E-state index contributed by atoms with van der Waals surface area (Å²) in [4.78, 5) is 25.4. The maximum atomic E-state index is 13.0. The highest BCUT2D eigenvalue weighted by atomic mass is 16.1. The standard InChI is InChI=1S/C25H43N3O2/c1-5-6-7-8-9-10-11-12-13-18-23(29)21-16-14-15-17-22(21)24(25(26)30)28(3,4)20-19-27-2/h14-17,24,27H,5-13,18-20H2,1-4H3,(H-,26,30)/p+1. The Morgan fingerprint density at radius 1 is 0.967 bits per heavy atom. The van der Waals surface area contributed by atoms with Crippen LogP contribution < -0.4 is 11.1 Å². The van der Waals surface area contributed by atoms with Gasteiger partial charge in [-0.2, -0.15) is 0 Å². The second-order valence-corrected chi connectivity index (χ2v) is 9.00. The molecule has 1 atom stereocenters. The van der Waals surface area contributed by atoms with Gasteiger partial charge in [-0.15, -0.1) is 0 Å². The van der Waals surface area contributed by atoms with Crippen LogP contribution in [-0.2, 0) is 4.79 Å². The zero-order chi connectivity index (χ0) is 22.4. The first-order chi connectivity index (χ1) is 14.3. The summed E-state index contributed by atoms with van der Waals surface area (Å²) >= 11 is 0. The number of benzene rings is 1. The fourth-order valence-corrected chi connectivity index (χ4v) is 4.12. The van der Waals surface area contributed by atoms with Crippen molar-refractivity contribution in [3.63, 3.8) is 0 Å². The molecule has 1 rings (SSSR count). The lowest BCUT2D eigenvalue weighted by molar-refractivity contribution is -0.910. The fraction of sp³-hybridized carbons (Fsp3) is 0.680. The molecule has 0 fully saturated rings. The first kappa shape index (κ1) is 26.3. The number of amides is 1. The van der Waals surface area contributed by atoms with Gasteiger partial charge in [-0.1, -0.05) is 82.6 Å².